The van der Waals surface area contributed by atoms with Gasteiger partial charge in [-0.25, -0.2) is 8.42 Å². The molecule has 3 atom stereocenters. The first-order valence-corrected chi connectivity index (χ1v) is 14.1. The summed E-state index contributed by atoms with van der Waals surface area (Å²) in [6.07, 6.45) is -7.48. The number of amides is 2. The van der Waals surface area contributed by atoms with Gasteiger partial charge in [-0.2, -0.15) is 17.5 Å². The van der Waals surface area contributed by atoms with Gasteiger partial charge in [0, 0.05) is 25.9 Å². The number of likely N-dealkylation sites (N-methyl/N-ethyl adjacent to an activating group) is 1. The third-order valence-corrected chi connectivity index (χ3v) is 9.39. The number of fused-ring (bicyclic) bond motifs is 1. The summed E-state index contributed by atoms with van der Waals surface area (Å²) < 4.78 is 71.4. The Bertz CT molecular complexity index is 1240. The number of para-hydroxylation sites is 1. The molecule has 38 heavy (non-hydrogen) atoms. The van der Waals surface area contributed by atoms with Crippen molar-refractivity contribution >= 4 is 38.9 Å². The van der Waals surface area contributed by atoms with E-state index in [1.54, 1.807) is 25.3 Å². The molecule has 0 saturated heterocycles. The van der Waals surface area contributed by atoms with Crippen LogP contribution >= 0.6 is 11.3 Å². The number of sulfonamides is 1. The molecule has 3 rings (SSSR count). The predicted molar refractivity (Wildman–Crippen MR) is 136 cm³/mol. The number of carbonyl (C=O) groups excluding carboxylic acids is 2. The van der Waals surface area contributed by atoms with Gasteiger partial charge in [0.1, 0.15) is 10.3 Å². The lowest BCUT2D eigenvalue weighted by molar-refractivity contribution is -0.142. The van der Waals surface area contributed by atoms with E-state index in [-0.39, 0.29) is 40.9 Å². The molecule has 0 unspecified atom stereocenters. The normalized spacial score (nSPS) is 19.4. The highest BCUT2D eigenvalue weighted by atomic mass is 32.2. The summed E-state index contributed by atoms with van der Waals surface area (Å²) in [5.41, 5.74) is 0.0158. The topological polar surface area (TPSA) is 116 Å². The maximum atomic E-state index is 13.4. The van der Waals surface area contributed by atoms with Crippen LogP contribution in [0, 0.1) is 5.92 Å². The van der Waals surface area contributed by atoms with Gasteiger partial charge in [0.2, 0.25) is 5.91 Å². The summed E-state index contributed by atoms with van der Waals surface area (Å²) in [7, 11) is -2.44. The number of benzene rings is 1. The molecular formula is C24H30F3N3O6S2. The molecule has 0 spiro atoms. The van der Waals surface area contributed by atoms with E-state index in [0.29, 0.717) is 0 Å². The Morgan fingerprint density at radius 2 is 2.03 bits per heavy atom. The van der Waals surface area contributed by atoms with Crippen LogP contribution in [0.15, 0.2) is 39.9 Å². The largest absolute Gasteiger partial charge is 0.486 e. The number of aliphatic hydroxyl groups excluding tert-OH is 1. The quantitative estimate of drug-likeness (QED) is 0.471. The van der Waals surface area contributed by atoms with Crippen molar-refractivity contribution in [3.63, 3.8) is 0 Å². The van der Waals surface area contributed by atoms with E-state index >= 15 is 0 Å². The van der Waals surface area contributed by atoms with Crippen LogP contribution in [-0.4, -0.2) is 79.6 Å². The number of carbonyl (C=O) groups is 2. The summed E-state index contributed by atoms with van der Waals surface area (Å²) in [5.74, 6) is -1.93. The van der Waals surface area contributed by atoms with Gasteiger partial charge < -0.3 is 20.1 Å². The zero-order valence-corrected chi connectivity index (χ0v) is 22.7. The monoisotopic (exact) mass is 577 g/mol. The van der Waals surface area contributed by atoms with Gasteiger partial charge in [0.05, 0.1) is 36.9 Å². The molecule has 0 bridgehead atoms. The number of nitrogens with zero attached hydrogens (tertiary/aromatic N) is 2. The van der Waals surface area contributed by atoms with Gasteiger partial charge in [-0.1, -0.05) is 19.1 Å². The minimum atomic E-state index is -4.52. The highest BCUT2D eigenvalue weighted by Gasteiger charge is 2.36. The van der Waals surface area contributed by atoms with E-state index in [9.17, 15) is 36.3 Å². The summed E-state index contributed by atoms with van der Waals surface area (Å²) in [5, 5.41) is 13.8. The van der Waals surface area contributed by atoms with Crippen molar-refractivity contribution < 1.29 is 41.0 Å². The van der Waals surface area contributed by atoms with Gasteiger partial charge in [0.25, 0.3) is 15.9 Å². The minimum Gasteiger partial charge on any atom is -0.486 e. The lowest BCUT2D eigenvalue weighted by Crippen LogP contribution is -2.50. The first-order valence-electron chi connectivity index (χ1n) is 11.8. The van der Waals surface area contributed by atoms with E-state index in [1.807, 2.05) is 0 Å². The number of ether oxygens (including phenoxy) is 1. The molecule has 210 valence electrons. The Hall–Kier alpha value is -2.68. The van der Waals surface area contributed by atoms with Crippen LogP contribution in [0.5, 0.6) is 5.75 Å². The number of rotatable bonds is 9. The van der Waals surface area contributed by atoms with Crippen molar-refractivity contribution in [2.75, 3.05) is 32.1 Å². The molecule has 0 aliphatic carbocycles. The Labute approximate surface area is 223 Å². The summed E-state index contributed by atoms with van der Waals surface area (Å²) in [4.78, 5) is 27.2. The van der Waals surface area contributed by atoms with Crippen molar-refractivity contribution in [1.29, 1.82) is 0 Å². The molecule has 9 nitrogen and oxygen atoms in total. The van der Waals surface area contributed by atoms with E-state index in [0.717, 1.165) is 15.6 Å². The van der Waals surface area contributed by atoms with Gasteiger partial charge in [0.15, 0.2) is 5.75 Å². The van der Waals surface area contributed by atoms with Crippen LogP contribution in [0.1, 0.15) is 37.0 Å². The second kappa shape index (κ2) is 12.0. The van der Waals surface area contributed by atoms with Crippen LogP contribution in [0.3, 0.4) is 0 Å². The molecule has 2 aromatic rings. The molecule has 2 amide bonds. The number of anilines is 1. The lowest BCUT2D eigenvalue weighted by atomic mass is 9.99. The third kappa shape index (κ3) is 7.04. The fraction of sp³-hybridized carbons (Fsp3) is 0.500. The lowest BCUT2D eigenvalue weighted by Gasteiger charge is -2.38. The summed E-state index contributed by atoms with van der Waals surface area (Å²) >= 11 is 1.06. The predicted octanol–water partition coefficient (Wildman–Crippen LogP) is 3.57. The maximum absolute atomic E-state index is 13.4. The second-order valence-electron chi connectivity index (χ2n) is 9.19. The first kappa shape index (κ1) is 29.9. The van der Waals surface area contributed by atoms with E-state index in [2.05, 4.69) is 5.32 Å². The van der Waals surface area contributed by atoms with Gasteiger partial charge in [-0.05, 0) is 30.5 Å². The van der Waals surface area contributed by atoms with Crippen LogP contribution in [-0.2, 0) is 14.8 Å². The number of alkyl halides is 3. The standard InChI is InChI=1S/C24H30F3N3O6S2/c1-15-12-30(16(2)14-31)23(33)17-6-4-7-18(28-20(32)9-10-24(25,26)27)22(17)36-19(15)13-29(3)38(34,35)21-8-5-11-37-21/h4-8,11,15-16,19,31H,9-10,12-14H2,1-3H3,(H,28,32)/t15-,16+,19+/m0/s1. The fourth-order valence-electron chi connectivity index (χ4n) is 3.94. The molecule has 0 saturated carbocycles. The van der Waals surface area contributed by atoms with E-state index < -0.39 is 58.9 Å². The second-order valence-corrected chi connectivity index (χ2v) is 12.4. The van der Waals surface area contributed by atoms with Crippen molar-refractivity contribution in [3.05, 3.63) is 41.3 Å². The molecule has 1 aliphatic rings. The number of hydrogen-bond acceptors (Lipinski definition) is 7. The van der Waals surface area contributed by atoms with E-state index in [1.165, 1.54) is 36.2 Å². The Kier molecular flexibility index (Phi) is 9.44. The Morgan fingerprint density at radius 1 is 1.32 bits per heavy atom. The maximum Gasteiger partial charge on any atom is 0.389 e. The third-order valence-electron chi connectivity index (χ3n) is 6.20. The van der Waals surface area contributed by atoms with Crippen LogP contribution in [0.25, 0.3) is 0 Å². The van der Waals surface area contributed by atoms with Gasteiger partial charge >= 0.3 is 6.18 Å². The highest BCUT2D eigenvalue weighted by Crippen LogP contribution is 2.35. The van der Waals surface area contributed by atoms with Crippen molar-refractivity contribution in [2.45, 2.75) is 49.2 Å². The molecule has 1 aromatic carbocycles. The Balaban J connectivity index is 1.99. The first-order chi connectivity index (χ1) is 17.7. The minimum absolute atomic E-state index is 0.0116. The number of hydrogen-bond donors (Lipinski definition) is 2. The number of thiophene rings is 1. The zero-order chi connectivity index (χ0) is 28.3. The van der Waals surface area contributed by atoms with Gasteiger partial charge in [-0.3, -0.25) is 9.59 Å². The summed E-state index contributed by atoms with van der Waals surface area (Å²) in [6, 6.07) is 6.80. The van der Waals surface area contributed by atoms with E-state index in [4.69, 9.17) is 4.74 Å². The van der Waals surface area contributed by atoms with Gasteiger partial charge in [-0.15, -0.1) is 11.3 Å². The highest BCUT2D eigenvalue weighted by molar-refractivity contribution is 7.91. The molecule has 14 heteroatoms. The van der Waals surface area contributed by atoms with Crippen molar-refractivity contribution in [3.8, 4) is 5.75 Å². The molecule has 0 radical (unpaired) electrons. The number of nitrogens with one attached hydrogen (secondary N) is 1. The molecule has 2 heterocycles. The molecule has 1 aromatic heterocycles. The molecule has 2 N–H and O–H groups in total. The SMILES string of the molecule is C[C@H](CO)N1C[C@H](C)[C@@H](CN(C)S(=O)(=O)c2cccs2)Oc2c(NC(=O)CCC(F)(F)F)cccc2C1=O. The summed E-state index contributed by atoms with van der Waals surface area (Å²) in [6.45, 7) is 3.10. The smallest absolute Gasteiger partial charge is 0.389 e. The zero-order valence-electron chi connectivity index (χ0n) is 21.1. The number of aliphatic hydroxyl groups is 1. The molecular weight excluding hydrogens is 547 g/mol. The van der Waals surface area contributed by atoms with Crippen LogP contribution in [0.4, 0.5) is 18.9 Å². The average molecular weight is 578 g/mol. The number of halogens is 3. The Morgan fingerprint density at radius 3 is 2.63 bits per heavy atom. The molecule has 1 aliphatic heterocycles. The van der Waals surface area contributed by atoms with Crippen molar-refractivity contribution in [2.24, 2.45) is 5.92 Å². The van der Waals surface area contributed by atoms with Crippen molar-refractivity contribution in [1.82, 2.24) is 9.21 Å². The fourth-order valence-corrected chi connectivity index (χ4v) is 6.33. The molecule has 0 fully saturated rings. The van der Waals surface area contributed by atoms with Crippen LogP contribution in [0.2, 0.25) is 0 Å². The van der Waals surface area contributed by atoms with Crippen LogP contribution < -0.4 is 10.1 Å². The average Bonchev–Trinajstić information content (AvgIpc) is 3.40.